The standard InChI is InChI=1S/C13H20ClN7.ClH/c1-9-13-10(7-11-16-17-18-21(9)11)20(8-14)12(19(13)2)5-3-4-6-15;/h7,12H,3-6,8,15H2,1-2H3;1H. The molecule has 1 aliphatic heterocycles. The van der Waals surface area contributed by atoms with E-state index in [1.807, 2.05) is 13.0 Å². The first kappa shape index (κ1) is 17.1. The molecule has 0 saturated carbocycles. The third kappa shape index (κ3) is 2.57. The summed E-state index contributed by atoms with van der Waals surface area (Å²) in [5, 5.41) is 11.8. The van der Waals surface area contributed by atoms with Crippen LogP contribution in [0.5, 0.6) is 0 Å². The van der Waals surface area contributed by atoms with Gasteiger partial charge < -0.3 is 15.5 Å². The summed E-state index contributed by atoms with van der Waals surface area (Å²) in [5.41, 5.74) is 9.63. The minimum atomic E-state index is 0. The fourth-order valence-corrected chi connectivity index (χ4v) is 3.43. The lowest BCUT2D eigenvalue weighted by molar-refractivity contribution is 0.550. The predicted octanol–water partition coefficient (Wildman–Crippen LogP) is 1.76. The van der Waals surface area contributed by atoms with Crippen molar-refractivity contribution in [2.75, 3.05) is 29.4 Å². The van der Waals surface area contributed by atoms with Gasteiger partial charge in [0.1, 0.15) is 6.17 Å². The Hall–Kier alpha value is -1.31. The van der Waals surface area contributed by atoms with Crippen LogP contribution in [-0.4, -0.2) is 45.8 Å². The van der Waals surface area contributed by atoms with Gasteiger partial charge in [0.05, 0.1) is 23.1 Å². The van der Waals surface area contributed by atoms with Crippen molar-refractivity contribution >= 4 is 41.0 Å². The van der Waals surface area contributed by atoms with Crippen molar-refractivity contribution in [3.63, 3.8) is 0 Å². The molecule has 0 fully saturated rings. The highest BCUT2D eigenvalue weighted by Gasteiger charge is 2.35. The molecule has 0 aromatic carbocycles. The largest absolute Gasteiger partial charge is 0.351 e. The van der Waals surface area contributed by atoms with Crippen molar-refractivity contribution in [1.29, 1.82) is 0 Å². The summed E-state index contributed by atoms with van der Waals surface area (Å²) in [7, 11) is 2.10. The van der Waals surface area contributed by atoms with Crippen molar-refractivity contribution in [3.05, 3.63) is 11.8 Å². The van der Waals surface area contributed by atoms with Gasteiger partial charge in [-0.1, -0.05) is 0 Å². The molecule has 0 bridgehead atoms. The normalized spacial score (nSPS) is 17.0. The van der Waals surface area contributed by atoms with Gasteiger partial charge >= 0.3 is 0 Å². The second kappa shape index (κ2) is 6.85. The lowest BCUT2D eigenvalue weighted by Crippen LogP contribution is -2.40. The van der Waals surface area contributed by atoms with E-state index in [9.17, 15) is 0 Å². The van der Waals surface area contributed by atoms with E-state index in [1.54, 1.807) is 4.52 Å². The smallest absolute Gasteiger partial charge is 0.181 e. The van der Waals surface area contributed by atoms with Crippen molar-refractivity contribution in [1.82, 2.24) is 20.0 Å². The highest BCUT2D eigenvalue weighted by molar-refractivity contribution is 6.19. The molecular weight excluding hydrogens is 325 g/mol. The van der Waals surface area contributed by atoms with Gasteiger partial charge in [-0.3, -0.25) is 0 Å². The molecule has 3 rings (SSSR count). The molecular formula is C13H21Cl2N7. The molecule has 0 spiro atoms. The van der Waals surface area contributed by atoms with E-state index < -0.39 is 0 Å². The Morgan fingerprint density at radius 1 is 1.36 bits per heavy atom. The van der Waals surface area contributed by atoms with Crippen LogP contribution in [0.4, 0.5) is 11.4 Å². The van der Waals surface area contributed by atoms with Crippen LogP contribution < -0.4 is 15.5 Å². The van der Waals surface area contributed by atoms with Crippen LogP contribution in [0.2, 0.25) is 0 Å². The minimum Gasteiger partial charge on any atom is -0.351 e. The Labute approximate surface area is 140 Å². The number of tetrazole rings is 1. The Balaban J connectivity index is 0.00000176. The van der Waals surface area contributed by atoms with E-state index in [4.69, 9.17) is 17.3 Å². The first-order valence-corrected chi connectivity index (χ1v) is 7.69. The van der Waals surface area contributed by atoms with Crippen molar-refractivity contribution in [2.45, 2.75) is 32.4 Å². The number of aromatic nitrogens is 4. The molecule has 0 aliphatic carbocycles. The SMILES string of the molecule is Cc1c2c(cc3nnnn13)N(CCl)C(CCCCN)N2C.Cl. The molecule has 2 N–H and O–H groups in total. The second-order valence-electron chi connectivity index (χ2n) is 5.38. The molecule has 1 aliphatic rings. The number of hydrogen-bond donors (Lipinski definition) is 1. The molecule has 1 unspecified atom stereocenters. The van der Waals surface area contributed by atoms with Gasteiger partial charge in [-0.2, -0.15) is 4.52 Å². The summed E-state index contributed by atoms with van der Waals surface area (Å²) in [4.78, 5) is 4.47. The molecule has 9 heteroatoms. The zero-order chi connectivity index (χ0) is 15.0. The number of unbranched alkanes of at least 4 members (excludes halogenated alkanes) is 1. The fraction of sp³-hybridized carbons (Fsp3) is 0.615. The molecule has 7 nitrogen and oxygen atoms in total. The van der Waals surface area contributed by atoms with Crippen molar-refractivity contribution < 1.29 is 0 Å². The topological polar surface area (TPSA) is 75.6 Å². The van der Waals surface area contributed by atoms with Gasteiger partial charge in [-0.25, -0.2) is 0 Å². The zero-order valence-corrected chi connectivity index (χ0v) is 14.3. The number of nitrogens with two attached hydrogens (primary N) is 1. The molecule has 0 amide bonds. The second-order valence-corrected chi connectivity index (χ2v) is 5.62. The lowest BCUT2D eigenvalue weighted by atomic mass is 10.2. The first-order valence-electron chi connectivity index (χ1n) is 7.16. The summed E-state index contributed by atoms with van der Waals surface area (Å²) < 4.78 is 1.77. The number of fused-ring (bicyclic) bond motifs is 2. The van der Waals surface area contributed by atoms with E-state index in [0.29, 0.717) is 6.00 Å². The molecule has 122 valence electrons. The highest BCUT2D eigenvalue weighted by atomic mass is 35.5. The maximum absolute atomic E-state index is 6.20. The van der Waals surface area contributed by atoms with Crippen LogP contribution in [-0.2, 0) is 0 Å². The van der Waals surface area contributed by atoms with Crippen LogP contribution in [0.1, 0.15) is 25.0 Å². The molecule has 2 aromatic rings. The third-order valence-electron chi connectivity index (χ3n) is 4.18. The quantitative estimate of drug-likeness (QED) is 0.505. The van der Waals surface area contributed by atoms with Gasteiger partial charge in [0.15, 0.2) is 5.65 Å². The van der Waals surface area contributed by atoms with Gasteiger partial charge in [0.2, 0.25) is 0 Å². The van der Waals surface area contributed by atoms with E-state index >= 15 is 0 Å². The number of pyridine rings is 1. The summed E-state index contributed by atoms with van der Waals surface area (Å²) in [5.74, 6) is 0. The van der Waals surface area contributed by atoms with Gasteiger partial charge in [-0.15, -0.1) is 29.1 Å². The Morgan fingerprint density at radius 3 is 2.82 bits per heavy atom. The molecule has 1 atom stereocenters. The van der Waals surface area contributed by atoms with Gasteiger partial charge in [0.25, 0.3) is 0 Å². The lowest BCUT2D eigenvalue weighted by Gasteiger charge is -2.29. The summed E-state index contributed by atoms with van der Waals surface area (Å²) in [6.45, 7) is 2.76. The number of hydrogen-bond acceptors (Lipinski definition) is 6. The van der Waals surface area contributed by atoms with Crippen LogP contribution in [0.15, 0.2) is 6.07 Å². The molecule has 0 saturated heterocycles. The number of alkyl halides is 1. The maximum atomic E-state index is 6.20. The fourth-order valence-electron chi connectivity index (χ4n) is 3.14. The van der Waals surface area contributed by atoms with Crippen LogP contribution >= 0.6 is 24.0 Å². The molecule has 2 aromatic heterocycles. The van der Waals surface area contributed by atoms with E-state index in [2.05, 4.69) is 32.4 Å². The average molecular weight is 346 g/mol. The van der Waals surface area contributed by atoms with Gasteiger partial charge in [-0.05, 0) is 43.2 Å². The number of aryl methyl sites for hydroxylation is 1. The number of halogens is 2. The summed E-state index contributed by atoms with van der Waals surface area (Å²) in [6, 6.07) is 2.45. The Morgan fingerprint density at radius 2 is 2.14 bits per heavy atom. The number of anilines is 2. The van der Waals surface area contributed by atoms with E-state index in [1.165, 1.54) is 0 Å². The predicted molar refractivity (Wildman–Crippen MR) is 91.1 cm³/mol. The summed E-state index contributed by atoms with van der Waals surface area (Å²) in [6.07, 6.45) is 3.40. The van der Waals surface area contributed by atoms with Crippen LogP contribution in [0.25, 0.3) is 5.65 Å². The monoisotopic (exact) mass is 345 g/mol. The van der Waals surface area contributed by atoms with Crippen molar-refractivity contribution in [3.8, 4) is 0 Å². The van der Waals surface area contributed by atoms with Crippen LogP contribution in [0, 0.1) is 6.92 Å². The number of nitrogens with zero attached hydrogens (tertiary/aromatic N) is 6. The third-order valence-corrected chi connectivity index (χ3v) is 4.43. The van der Waals surface area contributed by atoms with Crippen LogP contribution in [0.3, 0.4) is 0 Å². The van der Waals surface area contributed by atoms with Crippen molar-refractivity contribution in [2.24, 2.45) is 5.73 Å². The molecule has 3 heterocycles. The first-order chi connectivity index (χ1) is 10.2. The zero-order valence-electron chi connectivity index (χ0n) is 12.7. The van der Waals surface area contributed by atoms with Gasteiger partial charge in [0, 0.05) is 13.1 Å². The summed E-state index contributed by atoms with van der Waals surface area (Å²) >= 11 is 6.20. The highest BCUT2D eigenvalue weighted by Crippen LogP contribution is 2.42. The molecule has 22 heavy (non-hydrogen) atoms. The van der Waals surface area contributed by atoms with E-state index in [-0.39, 0.29) is 18.6 Å². The minimum absolute atomic E-state index is 0. The Bertz CT molecular complexity index is 645. The average Bonchev–Trinajstić information content (AvgIpc) is 3.04. The maximum Gasteiger partial charge on any atom is 0.181 e. The Kier molecular flexibility index (Phi) is 5.31. The number of rotatable bonds is 5. The molecule has 0 radical (unpaired) electrons. The van der Waals surface area contributed by atoms with E-state index in [0.717, 1.165) is 48.5 Å².